The topological polar surface area (TPSA) is 58.6 Å². The number of aliphatic hydroxyl groups is 1. The van der Waals surface area contributed by atoms with Crippen molar-refractivity contribution in [2.45, 2.75) is 51.6 Å². The average Bonchev–Trinajstić information content (AvgIpc) is 2.32. The first-order valence-electron chi connectivity index (χ1n) is 6.62. The molecule has 0 aromatic rings. The minimum absolute atomic E-state index is 0.0975. The van der Waals surface area contributed by atoms with Gasteiger partial charge in [0.2, 0.25) is 5.91 Å². The molecule has 1 amide bonds. The molecule has 100 valence electrons. The van der Waals surface area contributed by atoms with Crippen molar-refractivity contribution in [1.82, 2.24) is 5.32 Å². The fourth-order valence-corrected chi connectivity index (χ4v) is 2.10. The van der Waals surface area contributed by atoms with Gasteiger partial charge in [0.25, 0.3) is 0 Å². The molecular formula is C13H25NO3. The fraction of sp³-hybridized carbons (Fsp3) is 0.923. The smallest absolute Gasteiger partial charge is 0.246 e. The number of nitrogens with one attached hydrogen (secondary N) is 1. The molecule has 0 aromatic heterocycles. The highest BCUT2D eigenvalue weighted by molar-refractivity contribution is 5.77. The maximum Gasteiger partial charge on any atom is 0.246 e. The SMILES string of the molecule is CCCOCC(=O)NCC1(O)CCC(C)CC1. The molecule has 1 rings (SSSR count). The Morgan fingerprint density at radius 1 is 1.47 bits per heavy atom. The fourth-order valence-electron chi connectivity index (χ4n) is 2.10. The summed E-state index contributed by atoms with van der Waals surface area (Å²) in [5.41, 5.74) is -0.701. The van der Waals surface area contributed by atoms with Gasteiger partial charge >= 0.3 is 0 Å². The van der Waals surface area contributed by atoms with Crippen LogP contribution in [0.1, 0.15) is 46.0 Å². The van der Waals surface area contributed by atoms with Crippen LogP contribution >= 0.6 is 0 Å². The van der Waals surface area contributed by atoms with Crippen LogP contribution in [0.15, 0.2) is 0 Å². The lowest BCUT2D eigenvalue weighted by molar-refractivity contribution is -0.127. The maximum absolute atomic E-state index is 11.4. The summed E-state index contributed by atoms with van der Waals surface area (Å²) in [4.78, 5) is 11.4. The van der Waals surface area contributed by atoms with Crippen molar-refractivity contribution in [3.63, 3.8) is 0 Å². The molecule has 17 heavy (non-hydrogen) atoms. The molecule has 4 nitrogen and oxygen atoms in total. The van der Waals surface area contributed by atoms with E-state index in [-0.39, 0.29) is 12.5 Å². The minimum Gasteiger partial charge on any atom is -0.388 e. The molecule has 0 unspecified atom stereocenters. The second-order valence-corrected chi connectivity index (χ2v) is 5.24. The predicted molar refractivity (Wildman–Crippen MR) is 66.7 cm³/mol. The van der Waals surface area contributed by atoms with Gasteiger partial charge < -0.3 is 15.2 Å². The Labute approximate surface area is 104 Å². The molecule has 0 saturated heterocycles. The van der Waals surface area contributed by atoms with E-state index in [1.165, 1.54) is 0 Å². The Morgan fingerprint density at radius 2 is 2.12 bits per heavy atom. The summed E-state index contributed by atoms with van der Waals surface area (Å²) in [6.45, 7) is 5.27. The third-order valence-electron chi connectivity index (χ3n) is 3.40. The molecule has 1 saturated carbocycles. The first kappa shape index (κ1) is 14.5. The Balaban J connectivity index is 2.18. The number of hydrogen-bond donors (Lipinski definition) is 2. The molecule has 1 fully saturated rings. The zero-order valence-corrected chi connectivity index (χ0v) is 11.0. The van der Waals surface area contributed by atoms with Gasteiger partial charge in [0.15, 0.2) is 0 Å². The van der Waals surface area contributed by atoms with Crippen molar-refractivity contribution in [3.05, 3.63) is 0 Å². The number of rotatable bonds is 6. The van der Waals surface area contributed by atoms with Crippen LogP contribution in [0.4, 0.5) is 0 Å². The highest BCUT2D eigenvalue weighted by Crippen LogP contribution is 2.31. The molecule has 0 atom stereocenters. The van der Waals surface area contributed by atoms with Crippen molar-refractivity contribution in [2.75, 3.05) is 19.8 Å². The van der Waals surface area contributed by atoms with Gasteiger partial charge in [0, 0.05) is 13.2 Å². The largest absolute Gasteiger partial charge is 0.388 e. The maximum atomic E-state index is 11.4. The van der Waals surface area contributed by atoms with Crippen LogP contribution in [0, 0.1) is 5.92 Å². The minimum atomic E-state index is -0.701. The third kappa shape index (κ3) is 5.50. The summed E-state index contributed by atoms with van der Waals surface area (Å²) in [7, 11) is 0. The van der Waals surface area contributed by atoms with Gasteiger partial charge in [-0.1, -0.05) is 13.8 Å². The van der Waals surface area contributed by atoms with E-state index in [1.54, 1.807) is 0 Å². The van der Waals surface area contributed by atoms with Crippen molar-refractivity contribution in [3.8, 4) is 0 Å². The molecule has 0 bridgehead atoms. The van der Waals surface area contributed by atoms with E-state index in [1.807, 2.05) is 6.92 Å². The van der Waals surface area contributed by atoms with Crippen LogP contribution in [0.2, 0.25) is 0 Å². The molecular weight excluding hydrogens is 218 g/mol. The number of ether oxygens (including phenoxy) is 1. The van der Waals surface area contributed by atoms with Gasteiger partial charge in [0.1, 0.15) is 6.61 Å². The van der Waals surface area contributed by atoms with Gasteiger partial charge in [-0.25, -0.2) is 0 Å². The summed E-state index contributed by atoms with van der Waals surface area (Å²) in [6.07, 6.45) is 4.56. The molecule has 2 N–H and O–H groups in total. The normalized spacial score (nSPS) is 29.0. The van der Waals surface area contributed by atoms with Gasteiger partial charge in [-0.15, -0.1) is 0 Å². The lowest BCUT2D eigenvalue weighted by Crippen LogP contribution is -2.46. The highest BCUT2D eigenvalue weighted by Gasteiger charge is 2.31. The molecule has 1 aliphatic carbocycles. The second kappa shape index (κ2) is 6.97. The van der Waals surface area contributed by atoms with Crippen molar-refractivity contribution >= 4 is 5.91 Å². The number of carbonyl (C=O) groups excluding carboxylic acids is 1. The first-order chi connectivity index (χ1) is 8.06. The molecule has 0 aromatic carbocycles. The summed E-state index contributed by atoms with van der Waals surface area (Å²) in [6, 6.07) is 0. The zero-order valence-electron chi connectivity index (χ0n) is 11.0. The quantitative estimate of drug-likeness (QED) is 0.695. The van der Waals surface area contributed by atoms with E-state index in [9.17, 15) is 9.90 Å². The van der Waals surface area contributed by atoms with Crippen LogP contribution < -0.4 is 5.32 Å². The third-order valence-corrected chi connectivity index (χ3v) is 3.40. The summed E-state index contributed by atoms with van der Waals surface area (Å²) in [5.74, 6) is 0.560. The standard InChI is InChI=1S/C13H25NO3/c1-3-8-17-9-12(15)14-10-13(16)6-4-11(2)5-7-13/h11,16H,3-10H2,1-2H3,(H,14,15). The average molecular weight is 243 g/mol. The van der Waals surface area contributed by atoms with E-state index >= 15 is 0 Å². The van der Waals surface area contributed by atoms with Crippen LogP contribution in [-0.2, 0) is 9.53 Å². The van der Waals surface area contributed by atoms with Crippen LogP contribution in [-0.4, -0.2) is 36.4 Å². The van der Waals surface area contributed by atoms with E-state index in [2.05, 4.69) is 12.2 Å². The Kier molecular flexibility index (Phi) is 5.92. The van der Waals surface area contributed by atoms with E-state index < -0.39 is 5.60 Å². The second-order valence-electron chi connectivity index (χ2n) is 5.24. The van der Waals surface area contributed by atoms with E-state index in [0.29, 0.717) is 19.1 Å². The summed E-state index contributed by atoms with van der Waals surface area (Å²) < 4.78 is 5.14. The highest BCUT2D eigenvalue weighted by atomic mass is 16.5. The molecule has 4 heteroatoms. The van der Waals surface area contributed by atoms with Gasteiger partial charge in [-0.3, -0.25) is 4.79 Å². The summed E-state index contributed by atoms with van der Waals surface area (Å²) >= 11 is 0. The zero-order chi connectivity index (χ0) is 12.7. The number of hydrogen-bond acceptors (Lipinski definition) is 3. The number of amides is 1. The first-order valence-corrected chi connectivity index (χ1v) is 6.62. The van der Waals surface area contributed by atoms with Gasteiger partial charge in [-0.05, 0) is 38.0 Å². The van der Waals surface area contributed by atoms with Gasteiger partial charge in [-0.2, -0.15) is 0 Å². The molecule has 0 heterocycles. The predicted octanol–water partition coefficient (Wildman–Crippen LogP) is 1.47. The van der Waals surface area contributed by atoms with Crippen molar-refractivity contribution in [2.24, 2.45) is 5.92 Å². The Morgan fingerprint density at radius 3 is 2.71 bits per heavy atom. The van der Waals surface area contributed by atoms with E-state index in [4.69, 9.17) is 4.74 Å². The lowest BCUT2D eigenvalue weighted by atomic mass is 9.79. The lowest BCUT2D eigenvalue weighted by Gasteiger charge is -2.34. The number of carbonyl (C=O) groups is 1. The van der Waals surface area contributed by atoms with Crippen molar-refractivity contribution < 1.29 is 14.6 Å². The molecule has 0 aliphatic heterocycles. The Bertz CT molecular complexity index is 235. The van der Waals surface area contributed by atoms with E-state index in [0.717, 1.165) is 32.1 Å². The van der Waals surface area contributed by atoms with Gasteiger partial charge in [0.05, 0.1) is 5.60 Å². The van der Waals surface area contributed by atoms with Crippen LogP contribution in [0.5, 0.6) is 0 Å². The van der Waals surface area contributed by atoms with Crippen LogP contribution in [0.3, 0.4) is 0 Å². The van der Waals surface area contributed by atoms with Crippen LogP contribution in [0.25, 0.3) is 0 Å². The Hall–Kier alpha value is -0.610. The summed E-state index contributed by atoms with van der Waals surface area (Å²) in [5, 5.41) is 13.0. The molecule has 0 spiro atoms. The molecule has 0 radical (unpaired) electrons. The van der Waals surface area contributed by atoms with Crippen molar-refractivity contribution in [1.29, 1.82) is 0 Å². The molecule has 1 aliphatic rings. The monoisotopic (exact) mass is 243 g/mol.